The summed E-state index contributed by atoms with van der Waals surface area (Å²) in [6, 6.07) is 13.1. The van der Waals surface area contributed by atoms with Crippen LogP contribution in [0.2, 0.25) is 0 Å². The summed E-state index contributed by atoms with van der Waals surface area (Å²) in [4.78, 5) is 4.21. The zero-order valence-electron chi connectivity index (χ0n) is 12.9. The zero-order chi connectivity index (χ0) is 17.8. The van der Waals surface area contributed by atoms with Gasteiger partial charge in [-0.05, 0) is 55.5 Å². The van der Waals surface area contributed by atoms with Crippen LogP contribution in [0.4, 0.5) is 5.69 Å². The van der Waals surface area contributed by atoms with E-state index in [1.165, 1.54) is 0 Å². The van der Waals surface area contributed by atoms with Crippen molar-refractivity contribution in [2.75, 3.05) is 12.4 Å². The molecular formula is C15H16Cl2CuN4OS. The van der Waals surface area contributed by atoms with Gasteiger partial charge in [-0.15, -0.1) is 0 Å². The number of rotatable bonds is 4. The molecule has 0 aliphatic carbocycles. The van der Waals surface area contributed by atoms with Crippen LogP contribution in [0.3, 0.4) is 0 Å². The van der Waals surface area contributed by atoms with Crippen molar-refractivity contribution in [3.8, 4) is 5.75 Å². The summed E-state index contributed by atoms with van der Waals surface area (Å²) in [7, 11) is 11.0. The summed E-state index contributed by atoms with van der Waals surface area (Å²) in [5.74, 6) is 0.795. The van der Waals surface area contributed by atoms with E-state index in [1.54, 1.807) is 13.3 Å². The van der Waals surface area contributed by atoms with Crippen LogP contribution in [0, 0.1) is 0 Å². The zero-order valence-corrected chi connectivity index (χ0v) is 16.2. The summed E-state index contributed by atoms with van der Waals surface area (Å²) in [5.41, 5.74) is 5.22. The van der Waals surface area contributed by atoms with Gasteiger partial charge in [0, 0.05) is 11.9 Å². The molecule has 0 radical (unpaired) electrons. The second kappa shape index (κ2) is 12.1. The molecule has 1 heterocycles. The summed E-state index contributed by atoms with van der Waals surface area (Å²) in [5, 5.41) is 7.65. The molecule has 2 aromatic rings. The fraction of sp³-hybridized carbons (Fsp3) is 0.133. The van der Waals surface area contributed by atoms with E-state index >= 15 is 0 Å². The number of nitrogens with zero attached hydrogens (tertiary/aromatic N) is 2. The fourth-order valence-electron chi connectivity index (χ4n) is 1.60. The number of nitrogens with one attached hydrogen (secondary N) is 2. The van der Waals surface area contributed by atoms with E-state index in [-0.39, 0.29) is 0 Å². The number of benzene rings is 1. The van der Waals surface area contributed by atoms with E-state index in [0.717, 1.165) is 36.0 Å². The monoisotopic (exact) mass is 433 g/mol. The van der Waals surface area contributed by atoms with Gasteiger partial charge in [-0.2, -0.15) is 5.10 Å². The maximum atomic E-state index is 5.18. The van der Waals surface area contributed by atoms with Crippen molar-refractivity contribution in [2.24, 2.45) is 5.10 Å². The molecule has 9 heteroatoms. The Hall–Kier alpha value is -1.37. The van der Waals surface area contributed by atoms with Crippen molar-refractivity contribution in [1.29, 1.82) is 0 Å². The minimum atomic E-state index is 0.412. The minimum absolute atomic E-state index is 0.412. The molecule has 24 heavy (non-hydrogen) atoms. The normalized spacial score (nSPS) is 10.4. The number of thiocarbonyl (C=S) groups is 1. The Labute approximate surface area is 161 Å². The number of pyridine rings is 1. The Morgan fingerprint density at radius 2 is 1.88 bits per heavy atom. The van der Waals surface area contributed by atoms with Crippen LogP contribution >= 0.6 is 32.4 Å². The molecule has 0 aliphatic rings. The molecule has 133 valence electrons. The molecule has 0 fully saturated rings. The number of hydrazone groups is 1. The summed E-state index contributed by atoms with van der Waals surface area (Å²) < 4.78 is 5.10. The van der Waals surface area contributed by atoms with Crippen molar-refractivity contribution in [3.05, 3.63) is 54.4 Å². The van der Waals surface area contributed by atoms with Crippen molar-refractivity contribution < 1.29 is 17.9 Å². The SMILES string of the molecule is COc1ccc(NC(=S)N/N=C(\C)c2ccccn2)cc1.[Cl][Cu][Cl]. The van der Waals surface area contributed by atoms with E-state index in [1.807, 2.05) is 49.4 Å². The molecule has 1 aromatic carbocycles. The third kappa shape index (κ3) is 7.95. The van der Waals surface area contributed by atoms with Crippen molar-refractivity contribution in [3.63, 3.8) is 0 Å². The molecule has 0 aliphatic heterocycles. The van der Waals surface area contributed by atoms with Crippen LogP contribution in [0.5, 0.6) is 5.75 Å². The van der Waals surface area contributed by atoms with E-state index in [4.69, 9.17) is 17.0 Å². The Balaban J connectivity index is 0.000000891. The number of methoxy groups -OCH3 is 1. The molecule has 0 saturated heterocycles. The first kappa shape index (κ1) is 20.7. The molecule has 0 atom stereocenters. The van der Waals surface area contributed by atoms with Gasteiger partial charge in [0.1, 0.15) is 5.75 Å². The first-order valence-electron chi connectivity index (χ1n) is 6.58. The van der Waals surface area contributed by atoms with Gasteiger partial charge in [0.05, 0.1) is 18.5 Å². The Bertz CT molecular complexity index is 656. The standard InChI is InChI=1S/C15H16N4OS.2ClH.Cu/c1-11(14-5-3-4-10-16-14)18-19-15(21)17-12-6-8-13(20-2)9-7-12;;;/h3-10H,1-2H3,(H2,17,19,21);2*1H;/q;;;+2/p-2/b18-11+;;;. The van der Waals surface area contributed by atoms with E-state index in [9.17, 15) is 0 Å². The quantitative estimate of drug-likeness (QED) is 0.327. The molecule has 0 amide bonds. The Morgan fingerprint density at radius 3 is 2.42 bits per heavy atom. The van der Waals surface area contributed by atoms with Crippen LogP contribution < -0.4 is 15.5 Å². The van der Waals surface area contributed by atoms with Crippen molar-refractivity contribution >= 4 is 48.9 Å². The third-order valence-corrected chi connectivity index (χ3v) is 2.90. The van der Waals surface area contributed by atoms with E-state index in [0.29, 0.717) is 5.11 Å². The number of aromatic nitrogens is 1. The van der Waals surface area contributed by atoms with Crippen molar-refractivity contribution in [2.45, 2.75) is 6.92 Å². The number of halogens is 2. The van der Waals surface area contributed by atoms with Crippen LogP contribution in [-0.2, 0) is 13.1 Å². The second-order valence-corrected chi connectivity index (χ2v) is 6.21. The van der Waals surface area contributed by atoms with Gasteiger partial charge >= 0.3 is 33.3 Å². The van der Waals surface area contributed by atoms with Gasteiger partial charge in [0.15, 0.2) is 5.11 Å². The second-order valence-electron chi connectivity index (χ2n) is 4.25. The molecule has 0 spiro atoms. The predicted molar refractivity (Wildman–Crippen MR) is 101 cm³/mol. The van der Waals surface area contributed by atoms with E-state index in [2.05, 4.69) is 41.0 Å². The fourth-order valence-corrected chi connectivity index (χ4v) is 1.77. The van der Waals surface area contributed by atoms with Gasteiger partial charge in [0.2, 0.25) is 0 Å². The molecule has 5 nitrogen and oxygen atoms in total. The van der Waals surface area contributed by atoms with Crippen LogP contribution in [0.1, 0.15) is 12.6 Å². The van der Waals surface area contributed by atoms with Crippen LogP contribution in [-0.4, -0.2) is 22.9 Å². The molecule has 2 rings (SSSR count). The summed E-state index contributed by atoms with van der Waals surface area (Å²) in [6.07, 6.45) is 1.72. The molecule has 0 saturated carbocycles. The number of hydrogen-bond donors (Lipinski definition) is 2. The van der Waals surface area contributed by atoms with Crippen LogP contribution in [0.25, 0.3) is 0 Å². The molecular weight excluding hydrogens is 419 g/mol. The molecule has 1 aromatic heterocycles. The summed E-state index contributed by atoms with van der Waals surface area (Å²) >= 11 is 5.94. The average Bonchev–Trinajstić information content (AvgIpc) is 2.62. The predicted octanol–water partition coefficient (Wildman–Crippen LogP) is 4.18. The number of anilines is 1. The van der Waals surface area contributed by atoms with Gasteiger partial charge < -0.3 is 10.1 Å². The molecule has 0 bridgehead atoms. The Morgan fingerprint density at radius 1 is 1.21 bits per heavy atom. The first-order valence-corrected chi connectivity index (χ1v) is 9.58. The maximum absolute atomic E-state index is 5.18. The summed E-state index contributed by atoms with van der Waals surface area (Å²) in [6.45, 7) is 1.87. The van der Waals surface area contributed by atoms with E-state index < -0.39 is 0 Å². The van der Waals surface area contributed by atoms with Crippen molar-refractivity contribution in [1.82, 2.24) is 10.4 Å². The van der Waals surface area contributed by atoms with Gasteiger partial charge in [-0.1, -0.05) is 6.07 Å². The topological polar surface area (TPSA) is 58.5 Å². The molecule has 0 unspecified atom stereocenters. The number of hydrogen-bond acceptors (Lipinski definition) is 4. The average molecular weight is 435 g/mol. The van der Waals surface area contributed by atoms with Crippen LogP contribution in [0.15, 0.2) is 53.8 Å². The number of ether oxygens (including phenoxy) is 1. The Kier molecular flexibility index (Phi) is 10.4. The first-order chi connectivity index (χ1) is 11.6. The van der Waals surface area contributed by atoms with Gasteiger partial charge in [-0.25, -0.2) is 0 Å². The third-order valence-electron chi connectivity index (χ3n) is 2.71. The van der Waals surface area contributed by atoms with Gasteiger partial charge in [-0.3, -0.25) is 10.4 Å². The van der Waals surface area contributed by atoms with Gasteiger partial charge in [0.25, 0.3) is 0 Å². The molecule has 2 N–H and O–H groups in total.